The molecule has 0 fully saturated rings. The summed E-state index contributed by atoms with van der Waals surface area (Å²) in [4.78, 5) is 11.2. The van der Waals surface area contributed by atoms with Crippen LogP contribution in [-0.2, 0) is 41.9 Å². The summed E-state index contributed by atoms with van der Waals surface area (Å²) in [6, 6.07) is 79.4. The van der Waals surface area contributed by atoms with Gasteiger partial charge in [-0.05, 0) is 175 Å². The molecule has 0 bridgehead atoms. The second kappa shape index (κ2) is 32.0. The van der Waals surface area contributed by atoms with Gasteiger partial charge in [0, 0.05) is 67.1 Å². The number of hydrogen-bond donors (Lipinski definition) is 1. The maximum Gasteiger partial charge on any atom is 0.522 e. The van der Waals surface area contributed by atoms with Crippen molar-refractivity contribution in [2.45, 2.75) is 68.9 Å². The largest absolute Gasteiger partial charge is 0.741 e. The van der Waals surface area contributed by atoms with E-state index < -0.39 is 42.1 Å². The first-order valence-electron chi connectivity index (χ1n) is 24.4. The van der Waals surface area contributed by atoms with Crippen molar-refractivity contribution >= 4 is 89.0 Å². The summed E-state index contributed by atoms with van der Waals surface area (Å²) in [6.07, 6.45) is 8.31. The second-order valence-electron chi connectivity index (χ2n) is 17.7. The lowest BCUT2D eigenvalue weighted by molar-refractivity contribution is -0.0519. The average molecular weight is 1280 g/mol. The van der Waals surface area contributed by atoms with Crippen molar-refractivity contribution in [1.29, 1.82) is 0 Å². The molecule has 21 heteroatoms. The summed E-state index contributed by atoms with van der Waals surface area (Å²) in [5.41, 5.74) is -1.17. The van der Waals surface area contributed by atoms with Crippen LogP contribution < -0.4 is 0 Å². The van der Waals surface area contributed by atoms with Gasteiger partial charge in [-0.2, -0.15) is 34.8 Å². The molecule has 0 saturated heterocycles. The van der Waals surface area contributed by atoms with Crippen LogP contribution in [0, 0.1) is 13.8 Å². The summed E-state index contributed by atoms with van der Waals surface area (Å²) in [6.45, 7) is 4.24. The Bertz CT molecular complexity index is 3630. The Labute approximate surface area is 504 Å². The lowest BCUT2D eigenvalue weighted by Gasteiger charge is -2.08. The lowest BCUT2D eigenvalue weighted by Crippen LogP contribution is -2.21. The third-order valence-corrected chi connectivity index (χ3v) is 18.3. The van der Waals surface area contributed by atoms with E-state index in [0.29, 0.717) is 10.9 Å². The Morgan fingerprint density at radius 1 is 0.422 bits per heavy atom. The summed E-state index contributed by atoms with van der Waals surface area (Å²) in [7, 11) is -12.5. The summed E-state index contributed by atoms with van der Waals surface area (Å²) >= 11 is 7.14. The van der Waals surface area contributed by atoms with E-state index in [0.717, 1.165) is 10.5 Å². The highest BCUT2D eigenvalue weighted by atomic mass is 32.2. The number of benzene rings is 9. The van der Waals surface area contributed by atoms with Gasteiger partial charge in [-0.3, -0.25) is 8.76 Å². The van der Waals surface area contributed by atoms with Crippen molar-refractivity contribution in [2.24, 2.45) is 0 Å². The maximum absolute atomic E-state index is 11.4. The molecular formula is C62H56F6O7S8. The molecule has 83 heavy (non-hydrogen) atoms. The molecule has 0 saturated carbocycles. The summed E-state index contributed by atoms with van der Waals surface area (Å²) in [5, 5.41) is 0. The molecule has 9 aromatic rings. The fourth-order valence-corrected chi connectivity index (χ4v) is 10.9. The van der Waals surface area contributed by atoms with Crippen LogP contribution in [0.25, 0.3) is 33.4 Å². The monoisotopic (exact) mass is 1280 g/mol. The number of halogens is 6. The number of hydrogen-bond acceptors (Lipinski definition) is 10. The van der Waals surface area contributed by atoms with Gasteiger partial charge in [-0.25, -0.2) is 8.42 Å². The van der Waals surface area contributed by atoms with E-state index >= 15 is 0 Å². The van der Waals surface area contributed by atoms with Crippen molar-refractivity contribution in [3.8, 4) is 33.4 Å². The molecule has 0 aliphatic carbocycles. The first-order valence-corrected chi connectivity index (χ1v) is 34.5. The van der Waals surface area contributed by atoms with Crippen molar-refractivity contribution < 1.29 is 56.5 Å². The van der Waals surface area contributed by atoms with Crippen molar-refractivity contribution in [3.63, 3.8) is 0 Å². The van der Waals surface area contributed by atoms with Gasteiger partial charge in [0.05, 0.1) is 0 Å². The normalized spacial score (nSPS) is 11.7. The SMILES string of the molecule is CS(=O)c1ccc(-c2ccc(Sc3ccccc3)cc2)cc1.CSc1ccc(-c2ccc(Sc3ccc(C)cc3)cc2)cc1.Cc1ccc(Sc2ccc(-c3ccc([S+](C)C)cc3)cc2)cc1.O=S(=O)(O)C(F)(F)F.O=S(=O)([O-])C(F)(F)F. The van der Waals surface area contributed by atoms with Gasteiger partial charge in [0.25, 0.3) is 0 Å². The Hall–Kier alpha value is -5.72. The van der Waals surface area contributed by atoms with Crippen LogP contribution in [0.3, 0.4) is 0 Å². The topological polar surface area (TPSA) is 129 Å². The fraction of sp³-hybridized carbons (Fsp3) is 0.129. The van der Waals surface area contributed by atoms with Gasteiger partial charge in [-0.1, -0.05) is 150 Å². The van der Waals surface area contributed by atoms with Crippen LogP contribution in [0.5, 0.6) is 0 Å². The molecule has 0 aromatic heterocycles. The van der Waals surface area contributed by atoms with Crippen LogP contribution in [0.2, 0.25) is 0 Å². The molecule has 0 radical (unpaired) electrons. The van der Waals surface area contributed by atoms with E-state index in [1.54, 1.807) is 41.5 Å². The number of alkyl halides is 6. The first kappa shape index (κ1) is 68.1. The Morgan fingerprint density at radius 3 is 0.904 bits per heavy atom. The molecule has 1 unspecified atom stereocenters. The average Bonchev–Trinajstić information content (AvgIpc) is 3.48. The van der Waals surface area contributed by atoms with E-state index in [9.17, 15) is 30.6 Å². The van der Waals surface area contributed by atoms with E-state index in [2.05, 4.69) is 227 Å². The number of aryl methyl sites for hydroxylation is 2. The number of thioether (sulfide) groups is 1. The van der Waals surface area contributed by atoms with Crippen LogP contribution in [0.1, 0.15) is 11.1 Å². The van der Waals surface area contributed by atoms with E-state index in [1.807, 2.05) is 42.1 Å². The zero-order chi connectivity index (χ0) is 61.0. The molecule has 1 N–H and O–H groups in total. The Morgan fingerprint density at radius 2 is 0.663 bits per heavy atom. The van der Waals surface area contributed by atoms with Gasteiger partial charge >= 0.3 is 21.1 Å². The highest BCUT2D eigenvalue weighted by Crippen LogP contribution is 2.34. The van der Waals surface area contributed by atoms with Gasteiger partial charge in [0.2, 0.25) is 0 Å². The standard InChI is InChI=1S/C21H21S2.C20H18S2.C19H16OS2.2CHF3O3S/c1-16-4-10-19(11-5-16)22-20-12-6-17(7-13-20)18-8-14-21(15-9-18)23(2)3;1-15-3-9-19(10-4-15)22-20-13-7-17(8-14-20)16-5-11-18(21-2)12-6-16;1-22(20)19-13-9-16(10-14-19)15-7-11-18(12-8-15)21-17-5-3-2-4-6-17;2*2-1(3,4)8(5,6)7/h4-15H,1-3H3;3-14H,1-2H3;2-14H,1H3;2*(H,5,6,7)/q+1;;;;/p-1. The van der Waals surface area contributed by atoms with Crippen LogP contribution in [0.4, 0.5) is 26.3 Å². The predicted octanol–water partition coefficient (Wildman–Crippen LogP) is 18.3. The highest BCUT2D eigenvalue weighted by Gasteiger charge is 2.44. The fourth-order valence-electron chi connectivity index (χ4n) is 6.80. The molecule has 0 spiro atoms. The van der Waals surface area contributed by atoms with Gasteiger partial charge < -0.3 is 4.55 Å². The molecule has 7 nitrogen and oxygen atoms in total. The maximum atomic E-state index is 11.4. The smallest absolute Gasteiger partial charge is 0.522 e. The third-order valence-electron chi connectivity index (χ3n) is 11.2. The molecule has 9 rings (SSSR count). The molecule has 9 aromatic carbocycles. The Kier molecular flexibility index (Phi) is 26.2. The third kappa shape index (κ3) is 23.3. The number of rotatable bonds is 12. The van der Waals surface area contributed by atoms with Crippen LogP contribution in [0.15, 0.2) is 269 Å². The molecule has 1 atom stereocenters. The second-order valence-corrected chi connectivity index (χ2v) is 28.3. The predicted molar refractivity (Wildman–Crippen MR) is 332 cm³/mol. The molecular weight excluding hydrogens is 1230 g/mol. The van der Waals surface area contributed by atoms with E-state index in [4.69, 9.17) is 25.9 Å². The zero-order valence-electron chi connectivity index (χ0n) is 45.3. The van der Waals surface area contributed by atoms with Crippen molar-refractivity contribution in [1.82, 2.24) is 0 Å². The zero-order valence-corrected chi connectivity index (χ0v) is 51.8. The quantitative estimate of drug-likeness (QED) is 0.0413. The van der Waals surface area contributed by atoms with Gasteiger partial charge in [0.15, 0.2) is 15.0 Å². The molecule has 0 amide bonds. The van der Waals surface area contributed by atoms with Crippen molar-refractivity contribution in [2.75, 3.05) is 25.0 Å². The van der Waals surface area contributed by atoms with Crippen LogP contribution in [-0.4, -0.2) is 66.2 Å². The van der Waals surface area contributed by atoms with E-state index in [1.165, 1.54) is 78.1 Å². The van der Waals surface area contributed by atoms with Gasteiger partial charge in [-0.15, -0.1) is 11.8 Å². The molecule has 0 heterocycles. The summed E-state index contributed by atoms with van der Waals surface area (Å²) < 4.78 is 128. The minimum absolute atomic E-state index is 0.325. The lowest BCUT2D eigenvalue weighted by atomic mass is 10.1. The van der Waals surface area contributed by atoms with Gasteiger partial charge in [0.1, 0.15) is 12.5 Å². The minimum atomic E-state index is -6.09. The molecule has 0 aliphatic rings. The van der Waals surface area contributed by atoms with Crippen molar-refractivity contribution in [3.05, 3.63) is 236 Å². The molecule has 0 aliphatic heterocycles. The minimum Gasteiger partial charge on any atom is -0.741 e. The van der Waals surface area contributed by atoms with E-state index in [-0.39, 0.29) is 0 Å². The Balaban J connectivity index is 0.000000202. The summed E-state index contributed by atoms with van der Waals surface area (Å²) in [5.74, 6) is 0. The first-order chi connectivity index (χ1) is 39.1. The van der Waals surface area contributed by atoms with Crippen LogP contribution >= 0.6 is 47.0 Å². The molecule has 436 valence electrons. The highest BCUT2D eigenvalue weighted by molar-refractivity contribution is 8.00.